The van der Waals surface area contributed by atoms with E-state index < -0.39 is 15.1 Å². The molecule has 1 heterocycles. The molecule has 248 valence electrons. The Morgan fingerprint density at radius 2 is 1.25 bits per heavy atom. The molecule has 2 aromatic rings. The van der Waals surface area contributed by atoms with Gasteiger partial charge < -0.3 is 24.5 Å². The number of aromatic nitrogens is 2. The Bertz CT molecular complexity index is 1170. The Hall–Kier alpha value is -2.83. The average Bonchev–Trinajstić information content (AvgIpc) is 3.52. The molecule has 0 atom stereocenters. The van der Waals surface area contributed by atoms with Crippen LogP contribution in [0.25, 0.3) is 11.5 Å². The zero-order valence-electron chi connectivity index (χ0n) is 26.6. The highest BCUT2D eigenvalue weighted by molar-refractivity contribution is 7.90. The van der Waals surface area contributed by atoms with Gasteiger partial charge in [-0.1, -0.05) is 89.1 Å². The van der Waals surface area contributed by atoms with Crippen molar-refractivity contribution >= 4 is 21.7 Å². The number of rotatable bonds is 26. The van der Waals surface area contributed by atoms with E-state index in [9.17, 15) is 18.0 Å². The van der Waals surface area contributed by atoms with Crippen LogP contribution in [-0.4, -0.2) is 76.2 Å². The maximum Gasteiger partial charge on any atom is 0.335 e. The number of hydrogen-bond donors (Lipinski definition) is 2. The highest BCUT2D eigenvalue weighted by atomic mass is 32.2. The number of unbranched alkanes of at least 4 members (excludes halogenated alkanes) is 12. The zero-order valence-corrected chi connectivity index (χ0v) is 27.4. The van der Waals surface area contributed by atoms with Gasteiger partial charge in [-0.05, 0) is 30.7 Å². The second kappa shape index (κ2) is 22.6. The van der Waals surface area contributed by atoms with E-state index in [0.717, 1.165) is 19.1 Å². The number of benzene rings is 1. The number of carbonyl (C=O) groups is 2. The molecule has 0 aliphatic carbocycles. The Labute approximate surface area is 263 Å². The Kier molecular flexibility index (Phi) is 19.2. The first-order chi connectivity index (χ1) is 21.3. The van der Waals surface area contributed by atoms with E-state index in [0.29, 0.717) is 57.1 Å². The lowest BCUT2D eigenvalue weighted by atomic mass is 10.0. The molecule has 44 heavy (non-hydrogen) atoms. The van der Waals surface area contributed by atoms with Gasteiger partial charge in [0.1, 0.15) is 0 Å². The SMILES string of the molecule is CCCCCCCCCCCCCCCC(=O)NCCOCCOCCNC(=O)c1ccc(-c2nnc(S(C)(=O)=O)o2)cc1. The molecule has 0 radical (unpaired) electrons. The molecular weight excluding hydrogens is 584 g/mol. The van der Waals surface area contributed by atoms with Crippen LogP contribution in [0, 0.1) is 0 Å². The van der Waals surface area contributed by atoms with Crippen LogP contribution in [0.5, 0.6) is 0 Å². The molecule has 0 aliphatic rings. The van der Waals surface area contributed by atoms with E-state index in [1.807, 2.05) is 0 Å². The first-order valence-electron chi connectivity index (χ1n) is 16.2. The van der Waals surface area contributed by atoms with Crippen LogP contribution in [0.1, 0.15) is 107 Å². The first kappa shape index (κ1) is 37.4. The number of nitrogens with zero attached hydrogens (tertiary/aromatic N) is 2. The third-order valence-electron chi connectivity index (χ3n) is 7.10. The molecule has 0 saturated carbocycles. The molecule has 0 aliphatic heterocycles. The van der Waals surface area contributed by atoms with Gasteiger partial charge in [-0.2, -0.15) is 0 Å². The van der Waals surface area contributed by atoms with Gasteiger partial charge in [0.2, 0.25) is 21.6 Å². The molecule has 0 spiro atoms. The second-order valence-electron chi connectivity index (χ2n) is 11.0. The Morgan fingerprint density at radius 1 is 0.727 bits per heavy atom. The highest BCUT2D eigenvalue weighted by Gasteiger charge is 2.17. The van der Waals surface area contributed by atoms with Crippen LogP contribution in [-0.2, 0) is 24.1 Å². The molecule has 0 fully saturated rings. The molecule has 0 saturated heterocycles. The summed E-state index contributed by atoms with van der Waals surface area (Å²) in [4.78, 5) is 24.3. The summed E-state index contributed by atoms with van der Waals surface area (Å²) in [5.74, 6) is -0.136. The summed E-state index contributed by atoms with van der Waals surface area (Å²) in [6.07, 6.45) is 18.4. The van der Waals surface area contributed by atoms with Crippen molar-refractivity contribution in [1.29, 1.82) is 0 Å². The summed E-state index contributed by atoms with van der Waals surface area (Å²) < 4.78 is 39.1. The minimum atomic E-state index is -3.59. The highest BCUT2D eigenvalue weighted by Crippen LogP contribution is 2.20. The molecule has 0 bridgehead atoms. The smallest absolute Gasteiger partial charge is 0.335 e. The van der Waals surface area contributed by atoms with E-state index >= 15 is 0 Å². The second-order valence-corrected chi connectivity index (χ2v) is 12.9. The first-order valence-corrected chi connectivity index (χ1v) is 18.0. The van der Waals surface area contributed by atoms with E-state index in [2.05, 4.69) is 27.8 Å². The topological polar surface area (TPSA) is 150 Å². The monoisotopic (exact) mass is 636 g/mol. The zero-order chi connectivity index (χ0) is 31.9. The van der Waals surface area contributed by atoms with Gasteiger partial charge in [0.15, 0.2) is 0 Å². The maximum atomic E-state index is 12.3. The number of amides is 2. The quantitative estimate of drug-likeness (QED) is 0.128. The standard InChI is InChI=1S/C32H52N4O7S/c1-3-4-5-6-7-8-9-10-11-12-13-14-15-16-29(37)33-21-23-41-25-26-42-24-22-34-30(38)27-17-19-28(20-18-27)31-35-36-32(43-31)44(2,39)40/h17-20H,3-16,21-26H2,1-2H3,(H,33,37)(H,34,38). The van der Waals surface area contributed by atoms with Crippen LogP contribution in [0.2, 0.25) is 0 Å². The van der Waals surface area contributed by atoms with Crippen molar-refractivity contribution in [2.75, 3.05) is 45.8 Å². The van der Waals surface area contributed by atoms with Crippen molar-refractivity contribution in [2.45, 2.75) is 102 Å². The lowest BCUT2D eigenvalue weighted by molar-refractivity contribution is -0.121. The molecule has 2 amide bonds. The van der Waals surface area contributed by atoms with Crippen LogP contribution in [0.3, 0.4) is 0 Å². The molecule has 1 aromatic heterocycles. The number of hydrogen-bond acceptors (Lipinski definition) is 9. The molecule has 2 rings (SSSR count). The van der Waals surface area contributed by atoms with Gasteiger partial charge in [0.25, 0.3) is 5.91 Å². The van der Waals surface area contributed by atoms with Gasteiger partial charge >= 0.3 is 5.22 Å². The minimum absolute atomic E-state index is 0.0559. The van der Waals surface area contributed by atoms with Crippen molar-refractivity contribution < 1.29 is 31.9 Å². The lowest BCUT2D eigenvalue weighted by Gasteiger charge is -2.08. The van der Waals surface area contributed by atoms with E-state index in [1.165, 1.54) is 70.6 Å². The number of carbonyl (C=O) groups excluding carboxylic acids is 2. The van der Waals surface area contributed by atoms with Gasteiger partial charge in [-0.3, -0.25) is 9.59 Å². The maximum absolute atomic E-state index is 12.3. The number of ether oxygens (including phenoxy) is 2. The van der Waals surface area contributed by atoms with Gasteiger partial charge in [-0.15, -0.1) is 5.10 Å². The van der Waals surface area contributed by atoms with E-state index in [4.69, 9.17) is 13.9 Å². The van der Waals surface area contributed by atoms with Crippen LogP contribution >= 0.6 is 0 Å². The van der Waals surface area contributed by atoms with Gasteiger partial charge in [-0.25, -0.2) is 8.42 Å². The van der Waals surface area contributed by atoms with Crippen molar-refractivity contribution in [2.24, 2.45) is 0 Å². The number of nitrogens with one attached hydrogen (secondary N) is 2. The van der Waals surface area contributed by atoms with Crippen molar-refractivity contribution in [3.63, 3.8) is 0 Å². The average molecular weight is 637 g/mol. The van der Waals surface area contributed by atoms with Gasteiger partial charge in [0.05, 0.1) is 26.4 Å². The normalized spacial score (nSPS) is 11.5. The van der Waals surface area contributed by atoms with E-state index in [1.54, 1.807) is 24.3 Å². The molecular formula is C32H52N4O7S. The fourth-order valence-corrected chi connectivity index (χ4v) is 4.97. The summed E-state index contributed by atoms with van der Waals surface area (Å²) in [7, 11) is -3.59. The van der Waals surface area contributed by atoms with Crippen molar-refractivity contribution in [3.05, 3.63) is 29.8 Å². The summed E-state index contributed by atoms with van der Waals surface area (Å²) >= 11 is 0. The summed E-state index contributed by atoms with van der Waals surface area (Å²) in [5, 5.41) is 12.5. The molecule has 11 nitrogen and oxygen atoms in total. The van der Waals surface area contributed by atoms with E-state index in [-0.39, 0.29) is 17.7 Å². The third kappa shape index (κ3) is 16.9. The molecule has 12 heteroatoms. The molecule has 0 unspecified atom stereocenters. The fraction of sp³-hybridized carbons (Fsp3) is 0.688. The van der Waals surface area contributed by atoms with Crippen molar-refractivity contribution in [1.82, 2.24) is 20.8 Å². The molecule has 2 N–H and O–H groups in total. The summed E-state index contributed by atoms with van der Waals surface area (Å²) in [6, 6.07) is 6.37. The number of sulfone groups is 1. The Balaban J connectivity index is 1.37. The largest absolute Gasteiger partial charge is 0.408 e. The summed E-state index contributed by atoms with van der Waals surface area (Å²) in [5.41, 5.74) is 0.928. The van der Waals surface area contributed by atoms with Crippen LogP contribution in [0.4, 0.5) is 0 Å². The fourth-order valence-electron chi connectivity index (χ4n) is 4.56. The lowest BCUT2D eigenvalue weighted by Crippen LogP contribution is -2.28. The van der Waals surface area contributed by atoms with Crippen LogP contribution < -0.4 is 10.6 Å². The van der Waals surface area contributed by atoms with Crippen LogP contribution in [0.15, 0.2) is 33.9 Å². The predicted molar refractivity (Wildman–Crippen MR) is 170 cm³/mol. The third-order valence-corrected chi connectivity index (χ3v) is 7.90. The van der Waals surface area contributed by atoms with Gasteiger partial charge in [0, 0.05) is 36.9 Å². The summed E-state index contributed by atoms with van der Waals surface area (Å²) in [6.45, 7) is 4.62. The Morgan fingerprint density at radius 3 is 1.77 bits per heavy atom. The van der Waals surface area contributed by atoms with Crippen molar-refractivity contribution in [3.8, 4) is 11.5 Å². The molecule has 1 aromatic carbocycles. The predicted octanol–water partition coefficient (Wildman–Crippen LogP) is 5.50. The minimum Gasteiger partial charge on any atom is -0.408 e.